The van der Waals surface area contributed by atoms with Gasteiger partial charge in [0.2, 0.25) is 0 Å². The summed E-state index contributed by atoms with van der Waals surface area (Å²) < 4.78 is 5.71. The van der Waals surface area contributed by atoms with Crippen molar-refractivity contribution in [1.29, 1.82) is 0 Å². The SMILES string of the molecule is CCOC1CCN(C(=NC)NCC(C)c2c(Cl)cccc2Cl)CC1.I. The number of guanidine groups is 1. The number of nitrogens with zero attached hydrogens (tertiary/aromatic N) is 2. The van der Waals surface area contributed by atoms with E-state index >= 15 is 0 Å². The van der Waals surface area contributed by atoms with Gasteiger partial charge in [-0.1, -0.05) is 36.2 Å². The topological polar surface area (TPSA) is 36.9 Å². The molecule has 0 aliphatic carbocycles. The minimum absolute atomic E-state index is 0. The Balaban J connectivity index is 0.00000312. The number of halogens is 3. The van der Waals surface area contributed by atoms with Crippen LogP contribution in [-0.4, -0.2) is 50.3 Å². The predicted octanol–water partition coefficient (Wildman–Crippen LogP) is 4.79. The summed E-state index contributed by atoms with van der Waals surface area (Å²) in [4.78, 5) is 6.71. The van der Waals surface area contributed by atoms with Gasteiger partial charge in [-0.15, -0.1) is 24.0 Å². The summed E-state index contributed by atoms with van der Waals surface area (Å²) in [5, 5.41) is 4.88. The zero-order chi connectivity index (χ0) is 17.5. The van der Waals surface area contributed by atoms with Crippen molar-refractivity contribution in [2.75, 3.05) is 33.3 Å². The lowest BCUT2D eigenvalue weighted by molar-refractivity contribution is 0.0264. The van der Waals surface area contributed by atoms with Crippen LogP contribution in [0.25, 0.3) is 0 Å². The van der Waals surface area contributed by atoms with Crippen LogP contribution in [0.3, 0.4) is 0 Å². The Labute approximate surface area is 178 Å². The molecule has 2 rings (SSSR count). The Hall–Kier alpha value is -0.240. The molecule has 4 nitrogen and oxygen atoms in total. The Morgan fingerprint density at radius 1 is 1.32 bits per heavy atom. The molecule has 0 spiro atoms. The molecule has 0 amide bonds. The molecular weight excluding hydrogens is 472 g/mol. The second kappa shape index (κ2) is 11.5. The highest BCUT2D eigenvalue weighted by atomic mass is 127. The molecule has 25 heavy (non-hydrogen) atoms. The van der Waals surface area contributed by atoms with E-state index < -0.39 is 0 Å². The highest BCUT2D eigenvalue weighted by molar-refractivity contribution is 14.0. The Morgan fingerprint density at radius 3 is 2.44 bits per heavy atom. The number of hydrogen-bond acceptors (Lipinski definition) is 2. The van der Waals surface area contributed by atoms with Crippen molar-refractivity contribution in [3.8, 4) is 0 Å². The molecule has 1 fully saturated rings. The number of rotatable bonds is 5. The quantitative estimate of drug-likeness (QED) is 0.359. The van der Waals surface area contributed by atoms with Crippen LogP contribution in [0.15, 0.2) is 23.2 Å². The van der Waals surface area contributed by atoms with E-state index in [1.54, 1.807) is 0 Å². The van der Waals surface area contributed by atoms with E-state index in [0.717, 1.165) is 50.6 Å². The van der Waals surface area contributed by atoms with Crippen molar-refractivity contribution in [2.24, 2.45) is 4.99 Å². The van der Waals surface area contributed by atoms with Crippen molar-refractivity contribution in [2.45, 2.75) is 38.7 Å². The van der Waals surface area contributed by atoms with E-state index in [2.05, 4.69) is 22.1 Å². The van der Waals surface area contributed by atoms with Gasteiger partial charge in [-0.3, -0.25) is 4.99 Å². The highest BCUT2D eigenvalue weighted by Gasteiger charge is 2.22. The van der Waals surface area contributed by atoms with Gasteiger partial charge >= 0.3 is 0 Å². The fraction of sp³-hybridized carbons (Fsp3) is 0.611. The molecule has 7 heteroatoms. The molecule has 1 aromatic carbocycles. The second-order valence-corrected chi connectivity index (χ2v) is 6.92. The summed E-state index contributed by atoms with van der Waals surface area (Å²) in [5.74, 6) is 1.13. The maximum Gasteiger partial charge on any atom is 0.193 e. The van der Waals surface area contributed by atoms with Crippen LogP contribution in [0, 0.1) is 0 Å². The third kappa shape index (κ3) is 6.45. The van der Waals surface area contributed by atoms with Crippen molar-refractivity contribution >= 4 is 53.1 Å². The van der Waals surface area contributed by atoms with Crippen LogP contribution in [0.5, 0.6) is 0 Å². The first-order valence-electron chi connectivity index (χ1n) is 8.57. The zero-order valence-electron chi connectivity index (χ0n) is 15.1. The van der Waals surface area contributed by atoms with Crippen molar-refractivity contribution in [3.05, 3.63) is 33.8 Å². The Morgan fingerprint density at radius 2 is 1.92 bits per heavy atom. The first kappa shape index (κ1) is 22.8. The van der Waals surface area contributed by atoms with E-state index in [1.807, 2.05) is 32.2 Å². The van der Waals surface area contributed by atoms with Gasteiger partial charge in [-0.25, -0.2) is 0 Å². The van der Waals surface area contributed by atoms with Crippen LogP contribution in [0.4, 0.5) is 0 Å². The van der Waals surface area contributed by atoms with E-state index in [0.29, 0.717) is 16.1 Å². The van der Waals surface area contributed by atoms with Crippen molar-refractivity contribution < 1.29 is 4.74 Å². The van der Waals surface area contributed by atoms with E-state index in [1.165, 1.54) is 0 Å². The normalized spacial score (nSPS) is 17.2. The molecule has 1 N–H and O–H groups in total. The van der Waals surface area contributed by atoms with Gasteiger partial charge < -0.3 is 15.0 Å². The molecule has 1 aromatic rings. The Kier molecular flexibility index (Phi) is 10.5. The van der Waals surface area contributed by atoms with Crippen molar-refractivity contribution in [1.82, 2.24) is 10.2 Å². The van der Waals surface area contributed by atoms with Crippen LogP contribution >= 0.6 is 47.2 Å². The number of hydrogen-bond donors (Lipinski definition) is 1. The van der Waals surface area contributed by atoms with Gasteiger partial charge in [0.1, 0.15) is 0 Å². The summed E-state index contributed by atoms with van der Waals surface area (Å²) in [5.41, 5.74) is 0.985. The molecule has 142 valence electrons. The number of piperidine rings is 1. The number of ether oxygens (including phenoxy) is 1. The first-order valence-corrected chi connectivity index (χ1v) is 9.33. The monoisotopic (exact) mass is 499 g/mol. The van der Waals surface area contributed by atoms with E-state index in [9.17, 15) is 0 Å². The average molecular weight is 500 g/mol. The van der Waals surface area contributed by atoms with Gasteiger partial charge in [0.15, 0.2) is 5.96 Å². The highest BCUT2D eigenvalue weighted by Crippen LogP contribution is 2.31. The lowest BCUT2D eigenvalue weighted by atomic mass is 10.0. The molecular formula is C18H28Cl2IN3O. The maximum atomic E-state index is 6.30. The molecule has 0 bridgehead atoms. The number of likely N-dealkylation sites (tertiary alicyclic amines) is 1. The third-order valence-electron chi connectivity index (χ3n) is 4.41. The molecule has 1 atom stereocenters. The number of nitrogens with one attached hydrogen (secondary N) is 1. The third-order valence-corrected chi connectivity index (χ3v) is 5.07. The second-order valence-electron chi connectivity index (χ2n) is 6.11. The minimum Gasteiger partial charge on any atom is -0.378 e. The van der Waals surface area contributed by atoms with E-state index in [-0.39, 0.29) is 29.9 Å². The maximum absolute atomic E-state index is 6.30. The summed E-state index contributed by atoms with van der Waals surface area (Å²) >= 11 is 12.6. The van der Waals surface area contributed by atoms with Gasteiger partial charge in [0, 0.05) is 49.3 Å². The van der Waals surface area contributed by atoms with Crippen LogP contribution < -0.4 is 5.32 Å². The van der Waals surface area contributed by atoms with Gasteiger partial charge in [-0.05, 0) is 37.5 Å². The van der Waals surface area contributed by atoms with E-state index in [4.69, 9.17) is 27.9 Å². The molecule has 1 aliphatic rings. The van der Waals surface area contributed by atoms with Crippen LogP contribution in [0.1, 0.15) is 38.2 Å². The largest absolute Gasteiger partial charge is 0.378 e. The summed E-state index contributed by atoms with van der Waals surface area (Å²) in [6, 6.07) is 5.63. The Bertz CT molecular complexity index is 543. The zero-order valence-corrected chi connectivity index (χ0v) is 18.9. The van der Waals surface area contributed by atoms with Crippen LogP contribution in [-0.2, 0) is 4.74 Å². The summed E-state index contributed by atoms with van der Waals surface area (Å²) in [6.07, 6.45) is 2.46. The predicted molar refractivity (Wildman–Crippen MR) is 118 cm³/mol. The molecule has 1 saturated heterocycles. The fourth-order valence-electron chi connectivity index (χ4n) is 3.13. The van der Waals surface area contributed by atoms with Crippen LogP contribution in [0.2, 0.25) is 10.0 Å². The van der Waals surface area contributed by atoms with Gasteiger partial charge in [-0.2, -0.15) is 0 Å². The molecule has 0 radical (unpaired) electrons. The summed E-state index contributed by atoms with van der Waals surface area (Å²) in [7, 11) is 1.82. The van der Waals surface area contributed by atoms with Crippen molar-refractivity contribution in [3.63, 3.8) is 0 Å². The standard InChI is InChI=1S/C18H27Cl2N3O.HI/c1-4-24-14-8-10-23(11-9-14)18(21-3)22-12-13(2)17-15(19)6-5-7-16(17)20;/h5-7,13-14H,4,8-12H2,1-3H3,(H,21,22);1H. The first-order chi connectivity index (χ1) is 11.6. The molecule has 1 unspecified atom stereocenters. The average Bonchev–Trinajstić information content (AvgIpc) is 2.57. The smallest absolute Gasteiger partial charge is 0.193 e. The molecule has 0 aromatic heterocycles. The summed E-state index contributed by atoms with van der Waals surface area (Å²) in [6.45, 7) is 7.62. The van der Waals surface area contributed by atoms with Gasteiger partial charge in [0.05, 0.1) is 6.10 Å². The number of benzene rings is 1. The lowest BCUT2D eigenvalue weighted by Crippen LogP contribution is -2.47. The molecule has 1 heterocycles. The van der Waals surface area contributed by atoms with Gasteiger partial charge in [0.25, 0.3) is 0 Å². The fourth-order valence-corrected chi connectivity index (χ4v) is 3.90. The lowest BCUT2D eigenvalue weighted by Gasteiger charge is -2.34. The molecule has 1 aliphatic heterocycles. The molecule has 0 saturated carbocycles. The number of aliphatic imine (C=N–C) groups is 1. The minimum atomic E-state index is 0.